The first-order valence-corrected chi connectivity index (χ1v) is 15.4. The number of ether oxygens (including phenoxy) is 6. The predicted molar refractivity (Wildman–Crippen MR) is 175 cm³/mol. The molecule has 0 amide bonds. The van der Waals surface area contributed by atoms with Crippen LogP contribution in [0.25, 0.3) is 6.08 Å². The first kappa shape index (κ1) is 32.8. The number of carbonyl (C=O) groups excluding carboxylic acids is 1. The van der Waals surface area contributed by atoms with Crippen molar-refractivity contribution in [2.75, 3.05) is 35.0 Å². The van der Waals surface area contributed by atoms with Crippen molar-refractivity contribution in [2.45, 2.75) is 26.5 Å². The van der Waals surface area contributed by atoms with Crippen LogP contribution in [0.5, 0.6) is 28.7 Å². The number of methoxy groups -OCH3 is 4. The molecule has 0 fully saturated rings. The van der Waals surface area contributed by atoms with E-state index in [-0.39, 0.29) is 24.3 Å². The molecule has 0 radical (unpaired) electrons. The topological polar surface area (TPSA) is 131 Å². The molecule has 3 aromatic carbocycles. The lowest BCUT2D eigenvalue weighted by Gasteiger charge is -2.26. The number of allylic oxidation sites excluding steroid dienone is 1. The number of benzene rings is 3. The molecule has 0 unspecified atom stereocenters. The summed E-state index contributed by atoms with van der Waals surface area (Å²) in [5, 5.41) is 9.40. The van der Waals surface area contributed by atoms with Crippen LogP contribution >= 0.6 is 11.3 Å². The second kappa shape index (κ2) is 14.3. The number of thiazole rings is 1. The van der Waals surface area contributed by atoms with E-state index in [4.69, 9.17) is 28.4 Å². The Bertz CT molecular complexity index is 2070. The maximum Gasteiger partial charge on any atom is 0.338 e. The molecule has 1 aliphatic heterocycles. The van der Waals surface area contributed by atoms with Crippen molar-refractivity contribution in [3.63, 3.8) is 0 Å². The molecule has 0 spiro atoms. The SMILES string of the molecule is CCOC(=O)C1=C(C)N=c2s/c(=C/c3ccc(OCc4ccccc4C#N)c(OC)c3)c(=O)n2[C@H]1c1cc(OC)c(OC)c(OC)c1. The van der Waals surface area contributed by atoms with Gasteiger partial charge in [0.2, 0.25) is 5.75 Å². The fraction of sp³-hybridized carbons (Fsp3) is 0.257. The molecule has 2 heterocycles. The summed E-state index contributed by atoms with van der Waals surface area (Å²) in [6.07, 6.45) is 1.73. The van der Waals surface area contributed by atoms with Crippen molar-refractivity contribution in [3.05, 3.63) is 108 Å². The number of carbonyl (C=O) groups is 1. The van der Waals surface area contributed by atoms with Crippen LogP contribution in [0.2, 0.25) is 0 Å². The summed E-state index contributed by atoms with van der Waals surface area (Å²) in [7, 11) is 6.02. The number of aromatic nitrogens is 1. The van der Waals surface area contributed by atoms with Gasteiger partial charge in [0, 0.05) is 5.56 Å². The summed E-state index contributed by atoms with van der Waals surface area (Å²) in [4.78, 5) is 32.5. The van der Waals surface area contributed by atoms with Crippen molar-refractivity contribution in [3.8, 4) is 34.8 Å². The van der Waals surface area contributed by atoms with Gasteiger partial charge in [-0.15, -0.1) is 0 Å². The maximum absolute atomic E-state index is 14.1. The van der Waals surface area contributed by atoms with E-state index in [9.17, 15) is 14.9 Å². The Morgan fingerprint density at radius 2 is 1.68 bits per heavy atom. The van der Waals surface area contributed by atoms with E-state index in [1.807, 2.05) is 12.1 Å². The van der Waals surface area contributed by atoms with E-state index >= 15 is 0 Å². The number of nitrogens with zero attached hydrogens (tertiary/aromatic N) is 3. The summed E-state index contributed by atoms with van der Waals surface area (Å²) in [5.74, 6) is 1.46. The summed E-state index contributed by atoms with van der Waals surface area (Å²) < 4.78 is 35.5. The Morgan fingerprint density at radius 3 is 2.32 bits per heavy atom. The highest BCUT2D eigenvalue weighted by Crippen LogP contribution is 2.42. The minimum absolute atomic E-state index is 0.147. The van der Waals surface area contributed by atoms with Gasteiger partial charge in [-0.3, -0.25) is 9.36 Å². The fourth-order valence-corrected chi connectivity index (χ4v) is 6.37. The molecule has 12 heteroatoms. The molecule has 0 saturated heterocycles. The van der Waals surface area contributed by atoms with Crippen molar-refractivity contribution in [1.82, 2.24) is 4.57 Å². The Balaban J connectivity index is 1.60. The monoisotopic (exact) mass is 655 g/mol. The van der Waals surface area contributed by atoms with Gasteiger partial charge in [0.1, 0.15) is 6.61 Å². The minimum atomic E-state index is -0.886. The van der Waals surface area contributed by atoms with Gasteiger partial charge in [0.25, 0.3) is 5.56 Å². The van der Waals surface area contributed by atoms with Crippen molar-refractivity contribution < 1.29 is 33.2 Å². The molecule has 5 rings (SSSR count). The van der Waals surface area contributed by atoms with Crippen molar-refractivity contribution in [1.29, 1.82) is 5.26 Å². The Labute approximate surface area is 275 Å². The lowest BCUT2D eigenvalue weighted by Crippen LogP contribution is -2.40. The second-order valence-corrected chi connectivity index (χ2v) is 11.2. The zero-order chi connectivity index (χ0) is 33.7. The quantitative estimate of drug-likeness (QED) is 0.217. The largest absolute Gasteiger partial charge is 0.493 e. The molecule has 4 aromatic rings. The highest BCUT2D eigenvalue weighted by Gasteiger charge is 2.34. The molecule has 1 aliphatic rings. The Hall–Kier alpha value is -5.54. The second-order valence-electron chi connectivity index (χ2n) is 10.2. The summed E-state index contributed by atoms with van der Waals surface area (Å²) in [5.41, 5.74) is 2.81. The lowest BCUT2D eigenvalue weighted by atomic mass is 9.95. The Kier molecular flexibility index (Phi) is 9.97. The van der Waals surface area contributed by atoms with E-state index < -0.39 is 12.0 Å². The predicted octanol–water partition coefficient (Wildman–Crippen LogP) is 4.28. The van der Waals surface area contributed by atoms with Gasteiger partial charge >= 0.3 is 5.97 Å². The van der Waals surface area contributed by atoms with Gasteiger partial charge in [0.05, 0.1) is 68.5 Å². The summed E-state index contributed by atoms with van der Waals surface area (Å²) in [6.45, 7) is 3.76. The number of esters is 1. The molecule has 0 saturated carbocycles. The van der Waals surface area contributed by atoms with Crippen molar-refractivity contribution in [2.24, 2.45) is 4.99 Å². The summed E-state index contributed by atoms with van der Waals surface area (Å²) in [6, 6.07) is 17.2. The van der Waals surface area contributed by atoms with Gasteiger partial charge in [0.15, 0.2) is 27.8 Å². The van der Waals surface area contributed by atoms with Crippen LogP contribution in [0, 0.1) is 11.3 Å². The number of nitriles is 1. The highest BCUT2D eigenvalue weighted by molar-refractivity contribution is 7.07. The van der Waals surface area contributed by atoms with Crippen LogP contribution in [-0.2, 0) is 16.1 Å². The molecular weight excluding hydrogens is 622 g/mol. The van der Waals surface area contributed by atoms with Gasteiger partial charge in [-0.05, 0) is 61.4 Å². The molecule has 1 atom stereocenters. The molecular formula is C35H33N3O8S. The smallest absolute Gasteiger partial charge is 0.338 e. The van der Waals surface area contributed by atoms with Gasteiger partial charge in [-0.1, -0.05) is 35.6 Å². The minimum Gasteiger partial charge on any atom is -0.493 e. The van der Waals surface area contributed by atoms with Crippen LogP contribution < -0.4 is 38.6 Å². The third-order valence-electron chi connectivity index (χ3n) is 7.53. The average molecular weight is 656 g/mol. The standard InChI is InChI=1S/C35H33N3O8S/c1-7-45-34(40)30-20(2)37-35-38(31(30)24-16-27(42-4)32(44-6)28(17-24)43-5)33(39)29(47-35)15-21-12-13-25(26(14-21)41-3)46-19-23-11-9-8-10-22(23)18-36/h8-17,31H,7,19H2,1-6H3/b29-15+/t31-/m0/s1. The van der Waals surface area contributed by atoms with E-state index in [1.165, 1.54) is 44.3 Å². The normalized spacial score (nSPS) is 14.1. The van der Waals surface area contributed by atoms with Crippen LogP contribution in [0.4, 0.5) is 0 Å². The third-order valence-corrected chi connectivity index (χ3v) is 8.51. The van der Waals surface area contributed by atoms with Crippen LogP contribution in [0.1, 0.15) is 42.1 Å². The lowest BCUT2D eigenvalue weighted by molar-refractivity contribution is -0.139. The summed E-state index contributed by atoms with van der Waals surface area (Å²) >= 11 is 1.19. The number of fused-ring (bicyclic) bond motifs is 1. The molecule has 1 aromatic heterocycles. The molecule has 0 bridgehead atoms. The molecule has 242 valence electrons. The fourth-order valence-electron chi connectivity index (χ4n) is 5.32. The van der Waals surface area contributed by atoms with E-state index in [0.29, 0.717) is 60.5 Å². The first-order chi connectivity index (χ1) is 22.8. The van der Waals surface area contributed by atoms with E-state index in [2.05, 4.69) is 11.1 Å². The van der Waals surface area contributed by atoms with Gasteiger partial charge < -0.3 is 28.4 Å². The number of hydrogen-bond donors (Lipinski definition) is 0. The zero-order valence-corrected chi connectivity index (χ0v) is 27.6. The van der Waals surface area contributed by atoms with Crippen LogP contribution in [0.3, 0.4) is 0 Å². The molecule has 0 aliphatic carbocycles. The molecule has 0 N–H and O–H groups in total. The van der Waals surface area contributed by atoms with Crippen molar-refractivity contribution >= 4 is 23.4 Å². The average Bonchev–Trinajstić information content (AvgIpc) is 3.39. The highest BCUT2D eigenvalue weighted by atomic mass is 32.1. The number of hydrogen-bond acceptors (Lipinski definition) is 11. The molecule has 47 heavy (non-hydrogen) atoms. The van der Waals surface area contributed by atoms with Gasteiger partial charge in [-0.2, -0.15) is 5.26 Å². The van der Waals surface area contributed by atoms with E-state index in [1.54, 1.807) is 62.4 Å². The zero-order valence-electron chi connectivity index (χ0n) is 26.8. The molecule has 11 nitrogen and oxygen atoms in total. The van der Waals surface area contributed by atoms with Crippen LogP contribution in [0.15, 0.2) is 75.7 Å². The Morgan fingerprint density at radius 1 is 0.979 bits per heavy atom. The first-order valence-electron chi connectivity index (χ1n) is 14.6. The maximum atomic E-state index is 14.1. The third kappa shape index (κ3) is 6.43. The number of rotatable bonds is 11. The van der Waals surface area contributed by atoms with E-state index in [0.717, 1.165) is 5.56 Å². The van der Waals surface area contributed by atoms with Crippen LogP contribution in [-0.4, -0.2) is 45.6 Å². The van der Waals surface area contributed by atoms with Gasteiger partial charge in [-0.25, -0.2) is 9.79 Å².